The molecule has 0 N–H and O–H groups in total. The van der Waals surface area contributed by atoms with Gasteiger partial charge in [0.25, 0.3) is 11.6 Å². The lowest BCUT2D eigenvalue weighted by Gasteiger charge is -2.05. The molecule has 0 unspecified atom stereocenters. The molecule has 3 aromatic rings. The first-order valence-electron chi connectivity index (χ1n) is 8.15. The van der Waals surface area contributed by atoms with E-state index in [2.05, 4.69) is 16.7 Å². The van der Waals surface area contributed by atoms with E-state index in [9.17, 15) is 14.9 Å². The Hall–Kier alpha value is -4.01. The maximum absolute atomic E-state index is 12.1. The maximum Gasteiger partial charge on any atom is 0.338 e. The van der Waals surface area contributed by atoms with Crippen molar-refractivity contribution in [3.8, 4) is 17.1 Å². The summed E-state index contributed by atoms with van der Waals surface area (Å²) in [7, 11) is 0. The number of nitrogens with zero attached hydrogens (tertiary/aromatic N) is 3. The second kappa shape index (κ2) is 8.58. The van der Waals surface area contributed by atoms with Crippen molar-refractivity contribution in [2.45, 2.75) is 6.61 Å². The second-order valence-electron chi connectivity index (χ2n) is 5.52. The van der Waals surface area contributed by atoms with Gasteiger partial charge in [-0.1, -0.05) is 17.8 Å². The summed E-state index contributed by atoms with van der Waals surface area (Å²) < 4.78 is 15.5. The van der Waals surface area contributed by atoms with Crippen LogP contribution in [0.1, 0.15) is 16.2 Å². The fourth-order valence-corrected chi connectivity index (χ4v) is 2.22. The molecule has 0 atom stereocenters. The van der Waals surface area contributed by atoms with Crippen LogP contribution in [0.2, 0.25) is 0 Å². The number of non-ortho nitro benzene ring substituents is 1. The van der Waals surface area contributed by atoms with Gasteiger partial charge in [0, 0.05) is 17.7 Å². The van der Waals surface area contributed by atoms with Crippen LogP contribution in [0.3, 0.4) is 0 Å². The fraction of sp³-hybridized carbons (Fsp3) is 0.105. The van der Waals surface area contributed by atoms with Gasteiger partial charge < -0.3 is 14.0 Å². The van der Waals surface area contributed by atoms with E-state index < -0.39 is 10.9 Å². The maximum atomic E-state index is 12.1. The zero-order chi connectivity index (χ0) is 19.9. The average Bonchev–Trinajstić information content (AvgIpc) is 3.20. The first-order valence-corrected chi connectivity index (χ1v) is 8.15. The molecule has 0 aliphatic heterocycles. The Labute approximate surface area is 159 Å². The molecule has 1 heterocycles. The molecule has 0 fully saturated rings. The highest BCUT2D eigenvalue weighted by atomic mass is 16.6. The lowest BCUT2D eigenvalue weighted by atomic mass is 10.2. The predicted molar refractivity (Wildman–Crippen MR) is 97.6 cm³/mol. The number of benzene rings is 2. The molecule has 142 valence electrons. The minimum Gasteiger partial charge on any atom is -0.490 e. The third-order valence-corrected chi connectivity index (χ3v) is 3.59. The molecule has 0 aliphatic rings. The van der Waals surface area contributed by atoms with Crippen LogP contribution in [-0.2, 0) is 11.3 Å². The highest BCUT2D eigenvalue weighted by Gasteiger charge is 2.14. The number of nitro benzene ring substituents is 1. The predicted octanol–water partition coefficient (Wildman–Crippen LogP) is 3.57. The Morgan fingerprint density at radius 2 is 1.89 bits per heavy atom. The van der Waals surface area contributed by atoms with Gasteiger partial charge in [0.2, 0.25) is 5.82 Å². The topological polar surface area (TPSA) is 118 Å². The number of ether oxygens (including phenoxy) is 2. The molecular formula is C19H15N3O6. The van der Waals surface area contributed by atoms with E-state index in [1.165, 1.54) is 24.3 Å². The van der Waals surface area contributed by atoms with Crippen LogP contribution in [0, 0.1) is 10.1 Å². The van der Waals surface area contributed by atoms with Gasteiger partial charge in [-0.3, -0.25) is 10.1 Å². The van der Waals surface area contributed by atoms with Gasteiger partial charge in [-0.15, -0.1) is 0 Å². The smallest absolute Gasteiger partial charge is 0.338 e. The van der Waals surface area contributed by atoms with Crippen LogP contribution < -0.4 is 4.74 Å². The molecule has 0 radical (unpaired) electrons. The fourth-order valence-electron chi connectivity index (χ4n) is 2.22. The summed E-state index contributed by atoms with van der Waals surface area (Å²) in [5.41, 5.74) is 0.852. The van der Waals surface area contributed by atoms with Gasteiger partial charge in [-0.05, 0) is 36.4 Å². The number of carbonyl (C=O) groups is 1. The monoisotopic (exact) mass is 381 g/mol. The van der Waals surface area contributed by atoms with E-state index in [0.717, 1.165) is 0 Å². The van der Waals surface area contributed by atoms with Crippen molar-refractivity contribution in [3.63, 3.8) is 0 Å². The van der Waals surface area contributed by atoms with Gasteiger partial charge in [-0.25, -0.2) is 4.79 Å². The van der Waals surface area contributed by atoms with Crippen molar-refractivity contribution >= 4 is 11.7 Å². The van der Waals surface area contributed by atoms with Crippen molar-refractivity contribution in [2.24, 2.45) is 0 Å². The Balaban J connectivity index is 1.58. The van der Waals surface area contributed by atoms with E-state index >= 15 is 0 Å². The van der Waals surface area contributed by atoms with E-state index in [0.29, 0.717) is 23.5 Å². The minimum absolute atomic E-state index is 0.0395. The molecule has 1 aromatic heterocycles. The van der Waals surface area contributed by atoms with Crippen molar-refractivity contribution in [1.29, 1.82) is 0 Å². The standard InChI is InChI=1S/C19H15N3O6/c1-2-11-26-16-9-5-14(6-10-16)19(23)27-12-17-20-18(21-28-17)13-3-7-15(8-4-13)22(24)25/h2-10H,1,11-12H2. The number of hydrogen-bond acceptors (Lipinski definition) is 8. The quantitative estimate of drug-likeness (QED) is 0.251. The SMILES string of the molecule is C=CCOc1ccc(C(=O)OCc2nc(-c3ccc([N+](=O)[O-])cc3)no2)cc1. The van der Waals surface area contributed by atoms with Crippen molar-refractivity contribution < 1.29 is 23.7 Å². The Morgan fingerprint density at radius 1 is 1.18 bits per heavy atom. The van der Waals surface area contributed by atoms with Crippen LogP contribution in [0.5, 0.6) is 5.75 Å². The van der Waals surface area contributed by atoms with Gasteiger partial charge in [-0.2, -0.15) is 4.98 Å². The zero-order valence-electron chi connectivity index (χ0n) is 14.6. The lowest BCUT2D eigenvalue weighted by Crippen LogP contribution is -2.05. The molecule has 0 saturated carbocycles. The summed E-state index contributed by atoms with van der Waals surface area (Å²) in [6.45, 7) is 3.73. The van der Waals surface area contributed by atoms with Crippen LogP contribution in [0.15, 0.2) is 65.7 Å². The largest absolute Gasteiger partial charge is 0.490 e. The van der Waals surface area contributed by atoms with Crippen LogP contribution in [0.4, 0.5) is 5.69 Å². The molecule has 2 aromatic carbocycles. The second-order valence-corrected chi connectivity index (χ2v) is 5.52. The molecule has 9 heteroatoms. The van der Waals surface area contributed by atoms with Gasteiger partial charge in [0.15, 0.2) is 6.61 Å². The van der Waals surface area contributed by atoms with Crippen LogP contribution in [0.25, 0.3) is 11.4 Å². The molecule has 0 saturated heterocycles. The zero-order valence-corrected chi connectivity index (χ0v) is 14.6. The highest BCUT2D eigenvalue weighted by Crippen LogP contribution is 2.20. The molecule has 0 aliphatic carbocycles. The Bertz CT molecular complexity index is 980. The van der Waals surface area contributed by atoms with E-state index in [-0.39, 0.29) is 24.0 Å². The molecule has 0 bridgehead atoms. The Kier molecular flexibility index (Phi) is 5.75. The van der Waals surface area contributed by atoms with E-state index in [1.807, 2.05) is 0 Å². The average molecular weight is 381 g/mol. The first-order chi connectivity index (χ1) is 13.6. The minimum atomic E-state index is -0.551. The normalized spacial score (nSPS) is 10.3. The van der Waals surface area contributed by atoms with E-state index in [1.54, 1.807) is 30.3 Å². The number of carbonyl (C=O) groups excluding carboxylic acids is 1. The van der Waals surface area contributed by atoms with Crippen LogP contribution >= 0.6 is 0 Å². The van der Waals surface area contributed by atoms with Crippen molar-refractivity contribution in [2.75, 3.05) is 6.61 Å². The molecular weight excluding hydrogens is 366 g/mol. The highest BCUT2D eigenvalue weighted by molar-refractivity contribution is 5.89. The number of esters is 1. The molecule has 0 amide bonds. The number of rotatable bonds is 8. The summed E-state index contributed by atoms with van der Waals surface area (Å²) in [4.78, 5) is 26.4. The summed E-state index contributed by atoms with van der Waals surface area (Å²) in [5, 5.41) is 14.5. The summed E-state index contributed by atoms with van der Waals surface area (Å²) in [5.74, 6) is 0.406. The van der Waals surface area contributed by atoms with Gasteiger partial charge in [0.05, 0.1) is 10.5 Å². The summed E-state index contributed by atoms with van der Waals surface area (Å²) in [6, 6.07) is 12.2. The molecule has 3 rings (SSSR count). The van der Waals surface area contributed by atoms with Crippen molar-refractivity contribution in [1.82, 2.24) is 10.1 Å². The number of aromatic nitrogens is 2. The van der Waals surface area contributed by atoms with Crippen LogP contribution in [-0.4, -0.2) is 27.6 Å². The number of hydrogen-bond donors (Lipinski definition) is 0. The van der Waals surface area contributed by atoms with Crippen molar-refractivity contribution in [3.05, 3.63) is 82.8 Å². The lowest BCUT2D eigenvalue weighted by molar-refractivity contribution is -0.384. The Morgan fingerprint density at radius 3 is 2.54 bits per heavy atom. The third-order valence-electron chi connectivity index (χ3n) is 3.59. The van der Waals surface area contributed by atoms with Gasteiger partial charge in [0.1, 0.15) is 12.4 Å². The summed E-state index contributed by atoms with van der Waals surface area (Å²) in [6.07, 6.45) is 1.62. The van der Waals surface area contributed by atoms with Gasteiger partial charge >= 0.3 is 5.97 Å². The summed E-state index contributed by atoms with van der Waals surface area (Å²) >= 11 is 0. The first kappa shape index (κ1) is 18.8. The molecule has 0 spiro atoms. The number of nitro groups is 1. The molecule has 9 nitrogen and oxygen atoms in total. The molecule has 28 heavy (non-hydrogen) atoms. The van der Waals surface area contributed by atoms with E-state index in [4.69, 9.17) is 14.0 Å². The third kappa shape index (κ3) is 4.58.